The van der Waals surface area contributed by atoms with Crippen LogP contribution in [0.15, 0.2) is 18.2 Å². The van der Waals surface area contributed by atoms with Crippen LogP contribution in [0.5, 0.6) is 0 Å². The summed E-state index contributed by atoms with van der Waals surface area (Å²) < 4.78 is 23.9. The number of halogens is 2. The Morgan fingerprint density at radius 2 is 2.45 bits per heavy atom. The standard InChI is InChI=1S/C14H17ClFNO3/c1-9(20-8-11-3-2-6-19-11)14(18)17-10-4-5-13(16)12(15)7-10/h4-5,7,9,11H,2-3,6,8H2,1H3,(H,17,18)/t9-,11-/m1/s1. The maximum atomic E-state index is 13.0. The van der Waals surface area contributed by atoms with Gasteiger partial charge in [0, 0.05) is 12.3 Å². The van der Waals surface area contributed by atoms with E-state index in [-0.39, 0.29) is 17.0 Å². The normalized spacial score (nSPS) is 19.9. The van der Waals surface area contributed by atoms with Crippen LogP contribution >= 0.6 is 11.6 Å². The molecule has 0 radical (unpaired) electrons. The first-order valence-electron chi connectivity index (χ1n) is 6.55. The summed E-state index contributed by atoms with van der Waals surface area (Å²) in [6.07, 6.45) is 1.46. The van der Waals surface area contributed by atoms with Crippen LogP contribution in [-0.4, -0.2) is 31.3 Å². The van der Waals surface area contributed by atoms with Crippen molar-refractivity contribution in [2.45, 2.75) is 32.0 Å². The number of anilines is 1. The lowest BCUT2D eigenvalue weighted by molar-refractivity contribution is -0.128. The molecule has 0 saturated carbocycles. The maximum Gasteiger partial charge on any atom is 0.253 e. The van der Waals surface area contributed by atoms with Gasteiger partial charge in [-0.2, -0.15) is 0 Å². The van der Waals surface area contributed by atoms with E-state index in [0.29, 0.717) is 12.3 Å². The Hall–Kier alpha value is -1.17. The number of amides is 1. The van der Waals surface area contributed by atoms with E-state index in [4.69, 9.17) is 21.1 Å². The van der Waals surface area contributed by atoms with Gasteiger partial charge in [0.25, 0.3) is 5.91 Å². The molecule has 0 unspecified atom stereocenters. The van der Waals surface area contributed by atoms with Crippen molar-refractivity contribution in [1.82, 2.24) is 0 Å². The Morgan fingerprint density at radius 3 is 3.10 bits per heavy atom. The second kappa shape index (κ2) is 7.02. The topological polar surface area (TPSA) is 47.6 Å². The van der Waals surface area contributed by atoms with Gasteiger partial charge < -0.3 is 14.8 Å². The van der Waals surface area contributed by atoms with Crippen molar-refractivity contribution in [2.24, 2.45) is 0 Å². The van der Waals surface area contributed by atoms with Crippen LogP contribution in [0.25, 0.3) is 0 Å². The van der Waals surface area contributed by atoms with Crippen LogP contribution in [0.1, 0.15) is 19.8 Å². The van der Waals surface area contributed by atoms with Crippen molar-refractivity contribution < 1.29 is 18.7 Å². The first-order valence-corrected chi connectivity index (χ1v) is 6.93. The van der Waals surface area contributed by atoms with E-state index in [9.17, 15) is 9.18 Å². The fraction of sp³-hybridized carbons (Fsp3) is 0.500. The summed E-state index contributed by atoms with van der Waals surface area (Å²) in [6.45, 7) is 2.82. The lowest BCUT2D eigenvalue weighted by atomic mass is 10.2. The molecule has 1 fully saturated rings. The minimum absolute atomic E-state index is 0.0317. The van der Waals surface area contributed by atoms with E-state index < -0.39 is 11.9 Å². The molecule has 20 heavy (non-hydrogen) atoms. The molecule has 4 nitrogen and oxygen atoms in total. The van der Waals surface area contributed by atoms with E-state index >= 15 is 0 Å². The Morgan fingerprint density at radius 1 is 1.65 bits per heavy atom. The second-order valence-electron chi connectivity index (χ2n) is 4.73. The van der Waals surface area contributed by atoms with Gasteiger partial charge in [-0.05, 0) is 38.0 Å². The Bertz CT molecular complexity index is 477. The number of carbonyl (C=O) groups excluding carboxylic acids is 1. The molecule has 0 aromatic heterocycles. The lowest BCUT2D eigenvalue weighted by Crippen LogP contribution is -2.30. The number of hydrogen-bond acceptors (Lipinski definition) is 3. The van der Waals surface area contributed by atoms with E-state index in [1.807, 2.05) is 0 Å². The van der Waals surface area contributed by atoms with Gasteiger partial charge in [0.15, 0.2) is 0 Å². The van der Waals surface area contributed by atoms with Gasteiger partial charge in [0.05, 0.1) is 17.7 Å². The average Bonchev–Trinajstić information content (AvgIpc) is 2.93. The SMILES string of the molecule is C[C@@H](OC[C@H]1CCCO1)C(=O)Nc1ccc(F)c(Cl)c1. The number of carbonyl (C=O) groups is 1. The summed E-state index contributed by atoms with van der Waals surface area (Å²) >= 11 is 5.65. The number of benzene rings is 1. The van der Waals surface area contributed by atoms with Crippen LogP contribution in [0.3, 0.4) is 0 Å². The zero-order valence-electron chi connectivity index (χ0n) is 11.2. The molecule has 1 amide bonds. The molecule has 2 rings (SSSR count). The van der Waals surface area contributed by atoms with Crippen molar-refractivity contribution >= 4 is 23.2 Å². The average molecular weight is 302 g/mol. The molecule has 2 atom stereocenters. The molecule has 1 heterocycles. The molecular weight excluding hydrogens is 285 g/mol. The molecule has 0 bridgehead atoms. The fourth-order valence-corrected chi connectivity index (χ4v) is 2.10. The summed E-state index contributed by atoms with van der Waals surface area (Å²) in [4.78, 5) is 11.9. The molecule has 1 aromatic rings. The van der Waals surface area contributed by atoms with Gasteiger partial charge in [-0.3, -0.25) is 4.79 Å². The predicted molar refractivity (Wildman–Crippen MR) is 74.4 cm³/mol. The first kappa shape index (κ1) is 15.2. The zero-order chi connectivity index (χ0) is 14.5. The van der Waals surface area contributed by atoms with Crippen LogP contribution < -0.4 is 5.32 Å². The van der Waals surface area contributed by atoms with Crippen LogP contribution in [0.2, 0.25) is 5.02 Å². The highest BCUT2D eigenvalue weighted by molar-refractivity contribution is 6.31. The molecule has 110 valence electrons. The van der Waals surface area contributed by atoms with Crippen LogP contribution in [0, 0.1) is 5.82 Å². The van der Waals surface area contributed by atoms with E-state index in [0.717, 1.165) is 19.4 Å². The minimum Gasteiger partial charge on any atom is -0.376 e. The summed E-state index contributed by atoms with van der Waals surface area (Å²) in [5.41, 5.74) is 0.439. The highest BCUT2D eigenvalue weighted by Crippen LogP contribution is 2.19. The zero-order valence-corrected chi connectivity index (χ0v) is 12.0. The van der Waals surface area contributed by atoms with E-state index in [1.165, 1.54) is 18.2 Å². The third-order valence-electron chi connectivity index (χ3n) is 3.11. The smallest absolute Gasteiger partial charge is 0.253 e. The number of hydrogen-bond donors (Lipinski definition) is 1. The summed E-state index contributed by atoms with van der Waals surface area (Å²) in [6, 6.07) is 4.02. The number of ether oxygens (including phenoxy) is 2. The molecule has 6 heteroatoms. The summed E-state index contributed by atoms with van der Waals surface area (Å²) in [5, 5.41) is 2.60. The van der Waals surface area contributed by atoms with Gasteiger partial charge in [0.1, 0.15) is 11.9 Å². The molecule has 0 spiro atoms. The molecule has 1 aliphatic rings. The van der Waals surface area contributed by atoms with E-state index in [1.54, 1.807) is 6.92 Å². The van der Waals surface area contributed by atoms with Gasteiger partial charge in [-0.15, -0.1) is 0 Å². The second-order valence-corrected chi connectivity index (χ2v) is 5.14. The van der Waals surface area contributed by atoms with Crippen molar-refractivity contribution in [1.29, 1.82) is 0 Å². The molecule has 1 aromatic carbocycles. The van der Waals surface area contributed by atoms with E-state index in [2.05, 4.69) is 5.32 Å². The van der Waals surface area contributed by atoms with Gasteiger partial charge in [-0.25, -0.2) is 4.39 Å². The maximum absolute atomic E-state index is 13.0. The number of nitrogens with one attached hydrogen (secondary N) is 1. The largest absolute Gasteiger partial charge is 0.376 e. The molecule has 1 N–H and O–H groups in total. The highest BCUT2D eigenvalue weighted by atomic mass is 35.5. The Kier molecular flexibility index (Phi) is 5.34. The Labute approximate surface area is 122 Å². The molecular formula is C14H17ClFNO3. The minimum atomic E-state index is -0.608. The van der Waals surface area contributed by atoms with Crippen molar-refractivity contribution in [3.63, 3.8) is 0 Å². The lowest BCUT2D eigenvalue weighted by Gasteiger charge is -2.16. The Balaban J connectivity index is 1.81. The molecule has 1 saturated heterocycles. The van der Waals surface area contributed by atoms with Crippen LogP contribution in [0.4, 0.5) is 10.1 Å². The molecule has 1 aliphatic heterocycles. The summed E-state index contributed by atoms with van der Waals surface area (Å²) in [7, 11) is 0. The third-order valence-corrected chi connectivity index (χ3v) is 3.40. The monoisotopic (exact) mass is 301 g/mol. The number of rotatable bonds is 5. The molecule has 0 aliphatic carbocycles. The van der Waals surface area contributed by atoms with Gasteiger partial charge in [0.2, 0.25) is 0 Å². The van der Waals surface area contributed by atoms with Gasteiger partial charge in [-0.1, -0.05) is 11.6 Å². The fourth-order valence-electron chi connectivity index (χ4n) is 1.92. The highest BCUT2D eigenvalue weighted by Gasteiger charge is 2.20. The van der Waals surface area contributed by atoms with Crippen molar-refractivity contribution in [3.05, 3.63) is 29.0 Å². The van der Waals surface area contributed by atoms with Crippen LogP contribution in [-0.2, 0) is 14.3 Å². The third kappa shape index (κ3) is 4.16. The van der Waals surface area contributed by atoms with Crippen molar-refractivity contribution in [3.8, 4) is 0 Å². The van der Waals surface area contributed by atoms with Gasteiger partial charge >= 0.3 is 0 Å². The predicted octanol–water partition coefficient (Wildman–Crippen LogP) is 3.00. The summed E-state index contributed by atoms with van der Waals surface area (Å²) in [5.74, 6) is -0.821. The van der Waals surface area contributed by atoms with Crippen molar-refractivity contribution in [2.75, 3.05) is 18.5 Å². The first-order chi connectivity index (χ1) is 9.56. The quantitative estimate of drug-likeness (QED) is 0.909.